The van der Waals surface area contributed by atoms with Crippen LogP contribution in [0.3, 0.4) is 0 Å². The van der Waals surface area contributed by atoms with Crippen LogP contribution in [-0.2, 0) is 10.3 Å². The van der Waals surface area contributed by atoms with Crippen molar-refractivity contribution in [1.82, 2.24) is 9.78 Å². The molecule has 0 spiro atoms. The van der Waals surface area contributed by atoms with Gasteiger partial charge in [-0.05, 0) is 27.7 Å². The first-order valence-electron chi connectivity index (χ1n) is 5.28. The number of esters is 1. The van der Waals surface area contributed by atoms with Crippen LogP contribution >= 0.6 is 0 Å². The van der Waals surface area contributed by atoms with Gasteiger partial charge >= 0.3 is 11.9 Å². The molecule has 0 aliphatic heterocycles. The van der Waals surface area contributed by atoms with Crippen molar-refractivity contribution in [2.75, 3.05) is 6.61 Å². The van der Waals surface area contributed by atoms with Gasteiger partial charge < -0.3 is 9.84 Å². The van der Waals surface area contributed by atoms with Crippen LogP contribution in [0.25, 0.3) is 0 Å². The molecule has 6 heteroatoms. The van der Waals surface area contributed by atoms with E-state index in [4.69, 9.17) is 9.84 Å². The number of rotatable bonds is 3. The van der Waals surface area contributed by atoms with E-state index in [1.807, 2.05) is 0 Å². The van der Waals surface area contributed by atoms with Gasteiger partial charge in [0.15, 0.2) is 5.69 Å². The molecule has 1 aromatic rings. The van der Waals surface area contributed by atoms with Crippen LogP contribution in [0, 0.1) is 0 Å². The standard InChI is InChI=1S/C11H16N2O4/c1-5-17-10(16)7-6-8(9(14)15)13(12-7)11(2,3)4/h6H,5H2,1-4H3,(H,14,15). The van der Waals surface area contributed by atoms with Crippen LogP contribution in [0.4, 0.5) is 0 Å². The molecule has 0 saturated carbocycles. The molecule has 1 aromatic heterocycles. The third kappa shape index (κ3) is 2.83. The normalized spacial score (nSPS) is 11.3. The van der Waals surface area contributed by atoms with Crippen molar-refractivity contribution in [2.24, 2.45) is 0 Å². The summed E-state index contributed by atoms with van der Waals surface area (Å²) in [5, 5.41) is 13.0. The van der Waals surface area contributed by atoms with E-state index in [9.17, 15) is 9.59 Å². The van der Waals surface area contributed by atoms with Gasteiger partial charge in [-0.15, -0.1) is 0 Å². The van der Waals surface area contributed by atoms with Gasteiger partial charge in [0.25, 0.3) is 0 Å². The van der Waals surface area contributed by atoms with Gasteiger partial charge in [-0.2, -0.15) is 5.10 Å². The Bertz CT molecular complexity index is 443. The maximum absolute atomic E-state index is 11.5. The van der Waals surface area contributed by atoms with Gasteiger partial charge in [-0.25, -0.2) is 9.59 Å². The highest BCUT2D eigenvalue weighted by atomic mass is 16.5. The lowest BCUT2D eigenvalue weighted by Crippen LogP contribution is -2.27. The molecule has 1 heterocycles. The van der Waals surface area contributed by atoms with E-state index >= 15 is 0 Å². The minimum Gasteiger partial charge on any atom is -0.477 e. The lowest BCUT2D eigenvalue weighted by Gasteiger charge is -2.20. The largest absolute Gasteiger partial charge is 0.477 e. The van der Waals surface area contributed by atoms with Crippen LogP contribution in [-0.4, -0.2) is 33.4 Å². The zero-order valence-corrected chi connectivity index (χ0v) is 10.4. The molecule has 0 bridgehead atoms. The van der Waals surface area contributed by atoms with Crippen LogP contribution in [0.5, 0.6) is 0 Å². The molecule has 0 radical (unpaired) electrons. The first-order valence-corrected chi connectivity index (χ1v) is 5.28. The fourth-order valence-corrected chi connectivity index (χ4v) is 1.35. The first-order chi connectivity index (χ1) is 7.77. The summed E-state index contributed by atoms with van der Waals surface area (Å²) in [5.74, 6) is -1.74. The van der Waals surface area contributed by atoms with E-state index in [0.717, 1.165) is 0 Å². The lowest BCUT2D eigenvalue weighted by atomic mass is 10.1. The average molecular weight is 240 g/mol. The number of carboxylic acids is 1. The summed E-state index contributed by atoms with van der Waals surface area (Å²) in [7, 11) is 0. The number of carbonyl (C=O) groups excluding carboxylic acids is 1. The predicted octanol–water partition coefficient (Wildman–Crippen LogP) is 1.51. The number of carbonyl (C=O) groups is 2. The topological polar surface area (TPSA) is 81.4 Å². The molecular weight excluding hydrogens is 224 g/mol. The number of aromatic carboxylic acids is 1. The van der Waals surface area contributed by atoms with Crippen molar-refractivity contribution in [3.63, 3.8) is 0 Å². The highest BCUT2D eigenvalue weighted by Gasteiger charge is 2.25. The summed E-state index contributed by atoms with van der Waals surface area (Å²) in [6.45, 7) is 7.32. The fourth-order valence-electron chi connectivity index (χ4n) is 1.35. The quantitative estimate of drug-likeness (QED) is 0.810. The molecule has 0 saturated heterocycles. The maximum atomic E-state index is 11.5. The third-order valence-electron chi connectivity index (χ3n) is 2.05. The van der Waals surface area contributed by atoms with Gasteiger partial charge in [-0.1, -0.05) is 0 Å². The summed E-state index contributed by atoms with van der Waals surface area (Å²) in [6, 6.07) is 1.23. The second-order valence-corrected chi connectivity index (χ2v) is 4.52. The predicted molar refractivity (Wildman–Crippen MR) is 60.1 cm³/mol. The van der Waals surface area contributed by atoms with Gasteiger partial charge in [-0.3, -0.25) is 4.68 Å². The molecule has 1 rings (SSSR count). The van der Waals surface area contributed by atoms with E-state index < -0.39 is 17.5 Å². The Morgan fingerprint density at radius 3 is 2.41 bits per heavy atom. The minimum atomic E-state index is -1.12. The Balaban J connectivity index is 3.22. The van der Waals surface area contributed by atoms with Crippen molar-refractivity contribution in [2.45, 2.75) is 33.2 Å². The van der Waals surface area contributed by atoms with Gasteiger partial charge in [0.1, 0.15) is 5.69 Å². The summed E-state index contributed by atoms with van der Waals surface area (Å²) in [6.07, 6.45) is 0. The Kier molecular flexibility index (Phi) is 3.55. The number of nitrogens with zero attached hydrogens (tertiary/aromatic N) is 2. The first kappa shape index (κ1) is 13.2. The minimum absolute atomic E-state index is 0.0131. The van der Waals surface area contributed by atoms with Crippen LogP contribution in [0.15, 0.2) is 6.07 Å². The molecule has 94 valence electrons. The van der Waals surface area contributed by atoms with Crippen LogP contribution < -0.4 is 0 Å². The SMILES string of the molecule is CCOC(=O)c1cc(C(=O)O)n(C(C)(C)C)n1. The number of hydrogen-bond donors (Lipinski definition) is 1. The summed E-state index contributed by atoms with van der Waals surface area (Å²) >= 11 is 0. The van der Waals surface area contributed by atoms with E-state index in [0.29, 0.717) is 0 Å². The second-order valence-electron chi connectivity index (χ2n) is 4.52. The van der Waals surface area contributed by atoms with Crippen molar-refractivity contribution in [3.05, 3.63) is 17.5 Å². The van der Waals surface area contributed by atoms with Crippen molar-refractivity contribution >= 4 is 11.9 Å². The van der Waals surface area contributed by atoms with Crippen molar-refractivity contribution in [3.8, 4) is 0 Å². The van der Waals surface area contributed by atoms with Crippen LogP contribution in [0.1, 0.15) is 48.7 Å². The molecule has 0 aliphatic rings. The molecular formula is C11H16N2O4. The lowest BCUT2D eigenvalue weighted by molar-refractivity contribution is 0.0516. The molecule has 1 N–H and O–H groups in total. The number of ether oxygens (including phenoxy) is 1. The Morgan fingerprint density at radius 1 is 1.47 bits per heavy atom. The fraction of sp³-hybridized carbons (Fsp3) is 0.545. The smallest absolute Gasteiger partial charge is 0.358 e. The van der Waals surface area contributed by atoms with E-state index in [2.05, 4.69) is 5.10 Å². The van der Waals surface area contributed by atoms with Crippen LogP contribution in [0.2, 0.25) is 0 Å². The zero-order chi connectivity index (χ0) is 13.2. The van der Waals surface area contributed by atoms with E-state index in [-0.39, 0.29) is 18.0 Å². The summed E-state index contributed by atoms with van der Waals surface area (Å²) in [4.78, 5) is 22.5. The zero-order valence-electron chi connectivity index (χ0n) is 10.4. The van der Waals surface area contributed by atoms with E-state index in [1.54, 1.807) is 27.7 Å². The van der Waals surface area contributed by atoms with Gasteiger partial charge in [0, 0.05) is 6.07 Å². The summed E-state index contributed by atoms with van der Waals surface area (Å²) in [5.41, 5.74) is -0.530. The molecule has 0 atom stereocenters. The van der Waals surface area contributed by atoms with Gasteiger partial charge in [0.05, 0.1) is 12.1 Å². The number of hydrogen-bond acceptors (Lipinski definition) is 4. The maximum Gasteiger partial charge on any atom is 0.358 e. The molecule has 17 heavy (non-hydrogen) atoms. The molecule has 0 aromatic carbocycles. The highest BCUT2D eigenvalue weighted by Crippen LogP contribution is 2.18. The monoisotopic (exact) mass is 240 g/mol. The van der Waals surface area contributed by atoms with Gasteiger partial charge in [0.2, 0.25) is 0 Å². The Morgan fingerprint density at radius 2 is 2.06 bits per heavy atom. The molecule has 0 amide bonds. The Labute approximate surface area is 99.2 Å². The summed E-state index contributed by atoms with van der Waals surface area (Å²) < 4.78 is 6.09. The molecule has 6 nitrogen and oxygen atoms in total. The Hall–Kier alpha value is -1.85. The van der Waals surface area contributed by atoms with Crippen molar-refractivity contribution < 1.29 is 19.4 Å². The highest BCUT2D eigenvalue weighted by molar-refractivity contribution is 5.92. The molecule has 0 aliphatic carbocycles. The average Bonchev–Trinajstić information content (AvgIpc) is 2.61. The number of aromatic nitrogens is 2. The van der Waals surface area contributed by atoms with E-state index in [1.165, 1.54) is 10.7 Å². The van der Waals surface area contributed by atoms with Crippen molar-refractivity contribution in [1.29, 1.82) is 0 Å². The third-order valence-corrected chi connectivity index (χ3v) is 2.05. The molecule has 0 fully saturated rings. The number of carboxylic acid groups (broad SMARTS) is 1. The molecule has 0 unspecified atom stereocenters. The second kappa shape index (κ2) is 4.57.